The van der Waals surface area contributed by atoms with Crippen LogP contribution < -0.4 is 5.32 Å². The molecule has 0 aliphatic carbocycles. The van der Waals surface area contributed by atoms with Gasteiger partial charge in [0.15, 0.2) is 6.04 Å². The summed E-state index contributed by atoms with van der Waals surface area (Å²) in [6, 6.07) is 2.68. The number of esters is 1. The lowest BCUT2D eigenvalue weighted by molar-refractivity contribution is -0.135. The Morgan fingerprint density at radius 3 is 2.85 bits per heavy atom. The van der Waals surface area contributed by atoms with E-state index in [9.17, 15) is 9.59 Å². The van der Waals surface area contributed by atoms with Crippen LogP contribution in [0.2, 0.25) is 0 Å². The van der Waals surface area contributed by atoms with Crippen LogP contribution in [0.1, 0.15) is 11.6 Å². The van der Waals surface area contributed by atoms with Crippen molar-refractivity contribution in [3.63, 3.8) is 0 Å². The third kappa shape index (κ3) is 1.35. The second-order valence-electron chi connectivity index (χ2n) is 2.57. The predicted octanol–water partition coefficient (Wildman–Crippen LogP) is 0.389. The molecule has 2 rings (SSSR count). The number of hydrogen-bond acceptors (Lipinski definition) is 4. The number of amides is 1. The molecule has 1 atom stereocenters. The molecular weight excluding hydrogens is 172 g/mol. The van der Waals surface area contributed by atoms with Crippen LogP contribution in [0.5, 0.6) is 0 Å². The van der Waals surface area contributed by atoms with Crippen molar-refractivity contribution in [2.24, 2.45) is 0 Å². The quantitative estimate of drug-likeness (QED) is 0.499. The molecule has 1 amide bonds. The average Bonchev–Trinajstić information content (AvgIpc) is 2.47. The first-order chi connectivity index (χ1) is 6.27. The summed E-state index contributed by atoms with van der Waals surface area (Å²) in [6.07, 6.45) is 2.39. The maximum absolute atomic E-state index is 11.1. The molecule has 0 radical (unpaired) electrons. The number of nitrogens with zero attached hydrogens (tertiary/aromatic N) is 1. The first kappa shape index (κ1) is 7.72. The zero-order chi connectivity index (χ0) is 9.26. The molecule has 66 valence electrons. The standard InChI is InChI=1S/C8H6N2O3/c11-7-6(10-8(12)13-7)5-2-1-3-9-4-5/h1-4,6H,(H,10,12). The van der Waals surface area contributed by atoms with Crippen molar-refractivity contribution in [2.45, 2.75) is 6.04 Å². The van der Waals surface area contributed by atoms with Crippen LogP contribution in [-0.4, -0.2) is 17.0 Å². The third-order valence-electron chi connectivity index (χ3n) is 1.71. The van der Waals surface area contributed by atoms with Crippen molar-refractivity contribution in [3.05, 3.63) is 30.1 Å². The molecule has 2 heterocycles. The average molecular weight is 178 g/mol. The van der Waals surface area contributed by atoms with E-state index in [4.69, 9.17) is 0 Å². The molecule has 5 nitrogen and oxygen atoms in total. The normalized spacial score (nSPS) is 21.1. The number of ether oxygens (including phenoxy) is 1. The van der Waals surface area contributed by atoms with E-state index in [1.807, 2.05) is 0 Å². The SMILES string of the molecule is O=C1NC(c2cccnc2)C(=O)O1. The van der Waals surface area contributed by atoms with Gasteiger partial charge < -0.3 is 10.1 Å². The third-order valence-corrected chi connectivity index (χ3v) is 1.71. The topological polar surface area (TPSA) is 68.3 Å². The van der Waals surface area contributed by atoms with Crippen LogP contribution in [0, 0.1) is 0 Å². The summed E-state index contributed by atoms with van der Waals surface area (Å²) in [6.45, 7) is 0. The van der Waals surface area contributed by atoms with E-state index >= 15 is 0 Å². The van der Waals surface area contributed by atoms with Gasteiger partial charge in [0, 0.05) is 18.0 Å². The largest absolute Gasteiger partial charge is 0.415 e. The lowest BCUT2D eigenvalue weighted by atomic mass is 10.1. The molecule has 1 unspecified atom stereocenters. The molecule has 0 aromatic carbocycles. The number of hydrogen-bond donors (Lipinski definition) is 1. The molecule has 1 aliphatic heterocycles. The summed E-state index contributed by atoms with van der Waals surface area (Å²) in [7, 11) is 0. The van der Waals surface area contributed by atoms with E-state index in [1.165, 1.54) is 6.20 Å². The Morgan fingerprint density at radius 2 is 2.31 bits per heavy atom. The summed E-state index contributed by atoms with van der Waals surface area (Å²) >= 11 is 0. The van der Waals surface area contributed by atoms with E-state index in [2.05, 4.69) is 15.0 Å². The molecule has 5 heteroatoms. The number of nitrogens with one attached hydrogen (secondary N) is 1. The van der Waals surface area contributed by atoms with Crippen LogP contribution >= 0.6 is 0 Å². The highest BCUT2D eigenvalue weighted by molar-refractivity contribution is 5.96. The molecule has 0 spiro atoms. The van der Waals surface area contributed by atoms with Crippen molar-refractivity contribution >= 4 is 12.1 Å². The molecular formula is C8H6N2O3. The number of carbonyl (C=O) groups is 2. The molecule has 0 bridgehead atoms. The lowest BCUT2D eigenvalue weighted by Gasteiger charge is -2.03. The van der Waals surface area contributed by atoms with Gasteiger partial charge >= 0.3 is 12.1 Å². The molecule has 1 aromatic heterocycles. The number of carbonyl (C=O) groups excluding carboxylic acids is 2. The Hall–Kier alpha value is -1.91. The van der Waals surface area contributed by atoms with Crippen molar-refractivity contribution < 1.29 is 14.3 Å². The summed E-state index contributed by atoms with van der Waals surface area (Å²) in [5, 5.41) is 2.37. The van der Waals surface area contributed by atoms with Gasteiger partial charge in [-0.3, -0.25) is 4.98 Å². The molecule has 0 saturated carbocycles. The van der Waals surface area contributed by atoms with Crippen molar-refractivity contribution in [1.29, 1.82) is 0 Å². The Balaban J connectivity index is 2.28. The fourth-order valence-electron chi connectivity index (χ4n) is 1.12. The Labute approximate surface area is 73.7 Å². The molecule has 1 aromatic rings. The summed E-state index contributed by atoms with van der Waals surface area (Å²) < 4.78 is 4.31. The second-order valence-corrected chi connectivity index (χ2v) is 2.57. The second kappa shape index (κ2) is 2.85. The monoisotopic (exact) mass is 178 g/mol. The smallest absolute Gasteiger partial charge is 0.374 e. The van der Waals surface area contributed by atoms with Crippen LogP contribution in [0.25, 0.3) is 0 Å². The Kier molecular flexibility index (Phi) is 1.70. The molecule has 1 saturated heterocycles. The van der Waals surface area contributed by atoms with Crippen molar-refractivity contribution in [1.82, 2.24) is 10.3 Å². The van der Waals surface area contributed by atoms with Gasteiger partial charge in [0.05, 0.1) is 0 Å². The van der Waals surface area contributed by atoms with Crippen LogP contribution in [0.15, 0.2) is 24.5 Å². The van der Waals surface area contributed by atoms with Crippen LogP contribution in [0.3, 0.4) is 0 Å². The molecule has 1 N–H and O–H groups in total. The van der Waals surface area contributed by atoms with E-state index in [-0.39, 0.29) is 0 Å². The summed E-state index contributed by atoms with van der Waals surface area (Å²) in [4.78, 5) is 25.5. The predicted molar refractivity (Wildman–Crippen MR) is 41.6 cm³/mol. The van der Waals surface area contributed by atoms with Gasteiger partial charge in [0.2, 0.25) is 0 Å². The zero-order valence-corrected chi connectivity index (χ0v) is 6.56. The minimum Gasteiger partial charge on any atom is -0.374 e. The van der Waals surface area contributed by atoms with Gasteiger partial charge in [0.1, 0.15) is 0 Å². The van der Waals surface area contributed by atoms with Gasteiger partial charge in [-0.15, -0.1) is 0 Å². The first-order valence-corrected chi connectivity index (χ1v) is 3.69. The number of pyridine rings is 1. The van der Waals surface area contributed by atoms with E-state index in [1.54, 1.807) is 18.3 Å². The van der Waals surface area contributed by atoms with Gasteiger partial charge in [-0.25, -0.2) is 9.59 Å². The highest BCUT2D eigenvalue weighted by atomic mass is 16.6. The summed E-state index contributed by atoms with van der Waals surface area (Å²) in [5.41, 5.74) is 0.623. The summed E-state index contributed by atoms with van der Waals surface area (Å²) in [5.74, 6) is -0.585. The maximum atomic E-state index is 11.1. The minimum atomic E-state index is -0.709. The first-order valence-electron chi connectivity index (χ1n) is 3.69. The number of rotatable bonds is 1. The number of aromatic nitrogens is 1. The lowest BCUT2D eigenvalue weighted by Crippen LogP contribution is -2.19. The molecule has 1 aliphatic rings. The zero-order valence-electron chi connectivity index (χ0n) is 6.56. The molecule has 1 fully saturated rings. The van der Waals surface area contributed by atoms with Crippen LogP contribution in [-0.2, 0) is 9.53 Å². The van der Waals surface area contributed by atoms with Gasteiger partial charge in [-0.2, -0.15) is 0 Å². The van der Waals surface area contributed by atoms with E-state index in [0.29, 0.717) is 5.56 Å². The number of cyclic esters (lactones) is 2. The highest BCUT2D eigenvalue weighted by Gasteiger charge is 2.33. The van der Waals surface area contributed by atoms with Gasteiger partial charge in [-0.05, 0) is 6.07 Å². The maximum Gasteiger partial charge on any atom is 0.415 e. The number of alkyl carbamates (subject to hydrolysis) is 1. The molecule has 13 heavy (non-hydrogen) atoms. The van der Waals surface area contributed by atoms with E-state index < -0.39 is 18.1 Å². The van der Waals surface area contributed by atoms with Crippen molar-refractivity contribution in [2.75, 3.05) is 0 Å². The Morgan fingerprint density at radius 1 is 1.46 bits per heavy atom. The van der Waals surface area contributed by atoms with Crippen LogP contribution in [0.4, 0.5) is 4.79 Å². The minimum absolute atomic E-state index is 0.585. The van der Waals surface area contributed by atoms with Crippen molar-refractivity contribution in [3.8, 4) is 0 Å². The highest BCUT2D eigenvalue weighted by Crippen LogP contribution is 2.17. The van der Waals surface area contributed by atoms with E-state index in [0.717, 1.165) is 0 Å². The van der Waals surface area contributed by atoms with Gasteiger partial charge in [0.25, 0.3) is 0 Å². The fraction of sp³-hybridized carbons (Fsp3) is 0.125. The van der Waals surface area contributed by atoms with Gasteiger partial charge in [-0.1, -0.05) is 6.07 Å². The Bertz CT molecular complexity index is 350. The fourth-order valence-corrected chi connectivity index (χ4v) is 1.12.